The van der Waals surface area contributed by atoms with Crippen molar-refractivity contribution in [3.8, 4) is 11.5 Å². The van der Waals surface area contributed by atoms with Crippen LogP contribution in [0.25, 0.3) is 0 Å². The van der Waals surface area contributed by atoms with Crippen LogP contribution in [0.2, 0.25) is 0 Å². The van der Waals surface area contributed by atoms with E-state index >= 15 is 0 Å². The Hall–Kier alpha value is -2.04. The number of rotatable bonds is 2. The van der Waals surface area contributed by atoms with Crippen LogP contribution in [0, 0.1) is 0 Å². The van der Waals surface area contributed by atoms with Gasteiger partial charge in [-0.15, -0.1) is 0 Å². The third-order valence-electron chi connectivity index (χ3n) is 3.24. The Kier molecular flexibility index (Phi) is 2.66. The summed E-state index contributed by atoms with van der Waals surface area (Å²) in [7, 11) is 0. The molecule has 5 nitrogen and oxygen atoms in total. The van der Waals surface area contributed by atoms with Crippen LogP contribution in [0.15, 0.2) is 18.2 Å². The zero-order valence-electron chi connectivity index (χ0n) is 9.77. The van der Waals surface area contributed by atoms with Gasteiger partial charge in [0.05, 0.1) is 6.04 Å². The van der Waals surface area contributed by atoms with E-state index in [0.29, 0.717) is 23.5 Å². The van der Waals surface area contributed by atoms with Gasteiger partial charge in [-0.1, -0.05) is 0 Å². The molecular formula is C13H13NO4. The van der Waals surface area contributed by atoms with Gasteiger partial charge in [0.2, 0.25) is 6.79 Å². The number of hydrogen-bond donors (Lipinski definition) is 1. The summed E-state index contributed by atoms with van der Waals surface area (Å²) in [5.74, 6) is 1.08. The molecule has 1 aliphatic heterocycles. The molecule has 1 aliphatic carbocycles. The van der Waals surface area contributed by atoms with E-state index in [2.05, 4.69) is 5.32 Å². The number of nitrogens with one attached hydrogen (secondary N) is 1. The van der Waals surface area contributed by atoms with Gasteiger partial charge in [0.15, 0.2) is 17.3 Å². The van der Waals surface area contributed by atoms with E-state index in [1.54, 1.807) is 18.2 Å². The lowest BCUT2D eigenvalue weighted by molar-refractivity contribution is -0.118. The van der Waals surface area contributed by atoms with Gasteiger partial charge in [-0.25, -0.2) is 0 Å². The van der Waals surface area contributed by atoms with Crippen molar-refractivity contribution in [2.24, 2.45) is 0 Å². The number of amides is 1. The first kappa shape index (κ1) is 11.1. The molecule has 18 heavy (non-hydrogen) atoms. The van der Waals surface area contributed by atoms with Crippen molar-refractivity contribution in [2.75, 3.05) is 6.79 Å². The number of benzene rings is 1. The summed E-state index contributed by atoms with van der Waals surface area (Å²) in [5, 5.41) is 2.75. The van der Waals surface area contributed by atoms with Gasteiger partial charge in [-0.2, -0.15) is 0 Å². The van der Waals surface area contributed by atoms with Crippen LogP contribution < -0.4 is 14.8 Å². The van der Waals surface area contributed by atoms with Gasteiger partial charge >= 0.3 is 0 Å². The summed E-state index contributed by atoms with van der Waals surface area (Å²) in [6.07, 6.45) is 2.14. The zero-order valence-corrected chi connectivity index (χ0v) is 9.77. The Labute approximate surface area is 104 Å². The number of ketones is 1. The summed E-state index contributed by atoms with van der Waals surface area (Å²) in [6, 6.07) is 4.68. The average Bonchev–Trinajstić information content (AvgIpc) is 2.98. The molecule has 1 atom stereocenters. The van der Waals surface area contributed by atoms with E-state index in [4.69, 9.17) is 9.47 Å². The molecule has 0 aromatic heterocycles. The molecule has 2 aliphatic rings. The predicted molar refractivity (Wildman–Crippen MR) is 62.7 cm³/mol. The lowest BCUT2D eigenvalue weighted by Crippen LogP contribution is -2.37. The van der Waals surface area contributed by atoms with Gasteiger partial charge in [0, 0.05) is 12.0 Å². The van der Waals surface area contributed by atoms with Gasteiger partial charge in [-0.3, -0.25) is 9.59 Å². The Bertz CT molecular complexity index is 512. The Morgan fingerprint density at radius 2 is 2.11 bits per heavy atom. The monoisotopic (exact) mass is 247 g/mol. The second-order valence-corrected chi connectivity index (χ2v) is 4.45. The predicted octanol–water partition coefficient (Wildman–Crippen LogP) is 1.27. The van der Waals surface area contributed by atoms with Crippen LogP contribution in [0.1, 0.15) is 29.6 Å². The number of carbonyl (C=O) groups is 2. The maximum Gasteiger partial charge on any atom is 0.252 e. The third kappa shape index (κ3) is 1.92. The fourth-order valence-electron chi connectivity index (χ4n) is 2.25. The zero-order chi connectivity index (χ0) is 12.5. The Balaban J connectivity index is 1.74. The summed E-state index contributed by atoms with van der Waals surface area (Å²) in [5.41, 5.74) is 0.485. The minimum Gasteiger partial charge on any atom is -0.454 e. The molecule has 5 heteroatoms. The molecule has 1 saturated carbocycles. The standard InChI is InChI=1S/C13H13NO4/c15-10-3-1-2-9(10)14-13(16)8-4-5-11-12(6-8)18-7-17-11/h4-6,9H,1-3,7H2,(H,14,16)/t9-/m1/s1. The molecule has 0 unspecified atom stereocenters. The SMILES string of the molecule is O=C(N[C@@H]1CCCC1=O)c1ccc2c(c1)OCO2. The molecule has 1 aromatic rings. The number of hydrogen-bond acceptors (Lipinski definition) is 4. The number of carbonyl (C=O) groups excluding carboxylic acids is 2. The molecular weight excluding hydrogens is 234 g/mol. The average molecular weight is 247 g/mol. The molecule has 0 radical (unpaired) electrons. The van der Waals surface area contributed by atoms with Crippen LogP contribution in [0.4, 0.5) is 0 Å². The van der Waals surface area contributed by atoms with Crippen molar-refractivity contribution in [1.29, 1.82) is 0 Å². The summed E-state index contributed by atoms with van der Waals surface area (Å²) in [6.45, 7) is 0.182. The lowest BCUT2D eigenvalue weighted by Gasteiger charge is -2.11. The summed E-state index contributed by atoms with van der Waals surface area (Å²) >= 11 is 0. The first-order valence-electron chi connectivity index (χ1n) is 5.97. The van der Waals surface area contributed by atoms with Crippen LogP contribution in [0.3, 0.4) is 0 Å². The normalized spacial score (nSPS) is 21.1. The highest BCUT2D eigenvalue weighted by Crippen LogP contribution is 2.32. The Morgan fingerprint density at radius 1 is 1.28 bits per heavy atom. The van der Waals surface area contributed by atoms with Gasteiger partial charge in [0.25, 0.3) is 5.91 Å². The van der Waals surface area contributed by atoms with E-state index in [1.807, 2.05) is 0 Å². The second kappa shape index (κ2) is 4.33. The van der Waals surface area contributed by atoms with E-state index in [0.717, 1.165) is 12.8 Å². The third-order valence-corrected chi connectivity index (χ3v) is 3.24. The topological polar surface area (TPSA) is 64.6 Å². The van der Waals surface area contributed by atoms with Crippen molar-refractivity contribution in [3.63, 3.8) is 0 Å². The lowest BCUT2D eigenvalue weighted by atomic mass is 10.1. The first-order valence-corrected chi connectivity index (χ1v) is 5.97. The molecule has 0 bridgehead atoms. The molecule has 0 spiro atoms. The second-order valence-electron chi connectivity index (χ2n) is 4.45. The van der Waals surface area contributed by atoms with Gasteiger partial charge in [-0.05, 0) is 31.0 Å². The Morgan fingerprint density at radius 3 is 2.89 bits per heavy atom. The molecule has 0 saturated heterocycles. The van der Waals surface area contributed by atoms with Gasteiger partial charge in [0.1, 0.15) is 0 Å². The van der Waals surface area contributed by atoms with Crippen molar-refractivity contribution >= 4 is 11.7 Å². The minimum atomic E-state index is -0.331. The molecule has 3 rings (SSSR count). The van der Waals surface area contributed by atoms with Crippen molar-refractivity contribution < 1.29 is 19.1 Å². The minimum absolute atomic E-state index is 0.115. The fourth-order valence-corrected chi connectivity index (χ4v) is 2.25. The highest BCUT2D eigenvalue weighted by Gasteiger charge is 2.26. The largest absolute Gasteiger partial charge is 0.454 e. The number of fused-ring (bicyclic) bond motifs is 1. The molecule has 1 fully saturated rings. The van der Waals surface area contributed by atoms with E-state index in [9.17, 15) is 9.59 Å². The van der Waals surface area contributed by atoms with Crippen molar-refractivity contribution in [3.05, 3.63) is 23.8 Å². The smallest absolute Gasteiger partial charge is 0.252 e. The van der Waals surface area contributed by atoms with Crippen molar-refractivity contribution in [2.45, 2.75) is 25.3 Å². The quantitative estimate of drug-likeness (QED) is 0.854. The maximum atomic E-state index is 12.0. The van der Waals surface area contributed by atoms with Crippen LogP contribution in [-0.4, -0.2) is 24.5 Å². The molecule has 94 valence electrons. The number of ether oxygens (including phenoxy) is 2. The van der Waals surface area contributed by atoms with E-state index in [1.165, 1.54) is 0 Å². The molecule has 1 amide bonds. The number of Topliss-reactive ketones (excluding diaryl/α,β-unsaturated/α-hetero) is 1. The van der Waals surface area contributed by atoms with Gasteiger partial charge < -0.3 is 14.8 Å². The van der Waals surface area contributed by atoms with Crippen LogP contribution >= 0.6 is 0 Å². The summed E-state index contributed by atoms with van der Waals surface area (Å²) in [4.78, 5) is 23.5. The summed E-state index contributed by atoms with van der Waals surface area (Å²) < 4.78 is 10.4. The van der Waals surface area contributed by atoms with Crippen LogP contribution in [0.5, 0.6) is 11.5 Å². The highest BCUT2D eigenvalue weighted by molar-refractivity contribution is 5.98. The molecule has 1 aromatic carbocycles. The highest BCUT2D eigenvalue weighted by atomic mass is 16.7. The molecule has 1 heterocycles. The van der Waals surface area contributed by atoms with Crippen molar-refractivity contribution in [1.82, 2.24) is 5.32 Å². The van der Waals surface area contributed by atoms with Crippen LogP contribution in [-0.2, 0) is 4.79 Å². The van der Waals surface area contributed by atoms with E-state index < -0.39 is 0 Å². The maximum absolute atomic E-state index is 12.0. The molecule has 1 N–H and O–H groups in total. The van der Waals surface area contributed by atoms with E-state index in [-0.39, 0.29) is 24.5 Å². The fraction of sp³-hybridized carbons (Fsp3) is 0.385. The first-order chi connectivity index (χ1) is 8.74.